The first kappa shape index (κ1) is 9.45. The van der Waals surface area contributed by atoms with Crippen molar-refractivity contribution in [3.63, 3.8) is 0 Å². The Kier molecular flexibility index (Phi) is 2.25. The highest BCUT2D eigenvalue weighted by Crippen LogP contribution is 2.22. The van der Waals surface area contributed by atoms with Crippen molar-refractivity contribution in [2.45, 2.75) is 6.92 Å². The molecule has 2 rings (SSSR count). The SMILES string of the molecule is CC(=O)c1cccc(-c2cnc(N)o2)c1. The minimum Gasteiger partial charge on any atom is -0.424 e. The van der Waals surface area contributed by atoms with Crippen LogP contribution in [0.25, 0.3) is 11.3 Å². The maximum atomic E-state index is 11.2. The van der Waals surface area contributed by atoms with E-state index in [1.807, 2.05) is 6.07 Å². The number of nitrogens with zero attached hydrogens (tertiary/aromatic N) is 1. The Balaban J connectivity index is 2.45. The van der Waals surface area contributed by atoms with Gasteiger partial charge in [-0.15, -0.1) is 0 Å². The van der Waals surface area contributed by atoms with Crippen LogP contribution >= 0.6 is 0 Å². The Hall–Kier alpha value is -2.10. The van der Waals surface area contributed by atoms with E-state index < -0.39 is 0 Å². The van der Waals surface area contributed by atoms with Crippen molar-refractivity contribution in [1.29, 1.82) is 0 Å². The number of Topliss-reactive ketones (excluding diaryl/α,β-unsaturated/α-hetero) is 1. The Morgan fingerprint density at radius 3 is 2.87 bits per heavy atom. The minimum atomic E-state index is 0.0179. The topological polar surface area (TPSA) is 69.1 Å². The van der Waals surface area contributed by atoms with Crippen LogP contribution in [0, 0.1) is 0 Å². The molecule has 2 aromatic rings. The van der Waals surface area contributed by atoms with Crippen LogP contribution in [-0.2, 0) is 0 Å². The number of rotatable bonds is 2. The molecule has 0 bridgehead atoms. The number of hydrogen-bond acceptors (Lipinski definition) is 4. The molecule has 0 saturated carbocycles. The number of nitrogens with two attached hydrogens (primary N) is 1. The molecule has 0 amide bonds. The van der Waals surface area contributed by atoms with Crippen LogP contribution in [0.5, 0.6) is 0 Å². The van der Waals surface area contributed by atoms with E-state index in [9.17, 15) is 4.79 Å². The smallest absolute Gasteiger partial charge is 0.292 e. The van der Waals surface area contributed by atoms with Gasteiger partial charge in [-0.1, -0.05) is 18.2 Å². The lowest BCUT2D eigenvalue weighted by Gasteiger charge is -1.98. The van der Waals surface area contributed by atoms with Crippen LogP contribution < -0.4 is 5.73 Å². The molecule has 0 atom stereocenters. The van der Waals surface area contributed by atoms with Gasteiger partial charge in [-0.25, -0.2) is 4.98 Å². The van der Waals surface area contributed by atoms with E-state index in [2.05, 4.69) is 4.98 Å². The molecule has 0 fully saturated rings. The van der Waals surface area contributed by atoms with E-state index in [0.717, 1.165) is 5.56 Å². The van der Waals surface area contributed by atoms with E-state index in [0.29, 0.717) is 11.3 Å². The summed E-state index contributed by atoms with van der Waals surface area (Å²) >= 11 is 0. The summed E-state index contributed by atoms with van der Waals surface area (Å²) in [6.07, 6.45) is 1.54. The number of oxazole rings is 1. The lowest BCUT2D eigenvalue weighted by molar-refractivity contribution is 0.101. The Bertz CT molecular complexity index is 503. The van der Waals surface area contributed by atoms with Gasteiger partial charge in [-0.05, 0) is 13.0 Å². The molecule has 4 heteroatoms. The summed E-state index contributed by atoms with van der Waals surface area (Å²) in [5.74, 6) is 0.583. The number of hydrogen-bond donors (Lipinski definition) is 1. The zero-order chi connectivity index (χ0) is 10.8. The number of ketones is 1. The van der Waals surface area contributed by atoms with E-state index in [-0.39, 0.29) is 11.8 Å². The Morgan fingerprint density at radius 2 is 2.27 bits per heavy atom. The quantitative estimate of drug-likeness (QED) is 0.757. The van der Waals surface area contributed by atoms with E-state index in [4.69, 9.17) is 10.2 Å². The third-order valence-electron chi connectivity index (χ3n) is 2.08. The van der Waals surface area contributed by atoms with Crippen molar-refractivity contribution in [1.82, 2.24) is 4.98 Å². The number of aromatic nitrogens is 1. The van der Waals surface area contributed by atoms with Crippen LogP contribution in [0.2, 0.25) is 0 Å². The number of carbonyl (C=O) groups is 1. The molecule has 0 radical (unpaired) electrons. The van der Waals surface area contributed by atoms with Crippen LogP contribution in [0.15, 0.2) is 34.9 Å². The fourth-order valence-corrected chi connectivity index (χ4v) is 1.31. The fraction of sp³-hybridized carbons (Fsp3) is 0.0909. The summed E-state index contributed by atoms with van der Waals surface area (Å²) < 4.78 is 5.16. The van der Waals surface area contributed by atoms with E-state index >= 15 is 0 Å². The largest absolute Gasteiger partial charge is 0.424 e. The van der Waals surface area contributed by atoms with E-state index in [1.54, 1.807) is 18.2 Å². The molecular weight excluding hydrogens is 192 g/mol. The second-order valence-corrected chi connectivity index (χ2v) is 3.20. The van der Waals surface area contributed by atoms with Crippen LogP contribution in [0.4, 0.5) is 6.01 Å². The number of carbonyl (C=O) groups excluding carboxylic acids is 1. The molecular formula is C11H10N2O2. The minimum absolute atomic E-state index is 0.0179. The predicted molar refractivity (Wildman–Crippen MR) is 56.4 cm³/mol. The molecule has 1 aromatic heterocycles. The normalized spacial score (nSPS) is 10.2. The van der Waals surface area contributed by atoms with Gasteiger partial charge in [-0.3, -0.25) is 4.79 Å². The van der Waals surface area contributed by atoms with Gasteiger partial charge in [-0.2, -0.15) is 0 Å². The summed E-state index contributed by atoms with van der Waals surface area (Å²) in [5.41, 5.74) is 6.81. The molecule has 0 aliphatic carbocycles. The molecule has 0 saturated heterocycles. The first-order valence-corrected chi connectivity index (χ1v) is 4.49. The first-order valence-electron chi connectivity index (χ1n) is 4.49. The highest BCUT2D eigenvalue weighted by atomic mass is 16.4. The van der Waals surface area contributed by atoms with Gasteiger partial charge in [0.15, 0.2) is 11.5 Å². The monoisotopic (exact) mass is 202 g/mol. The Morgan fingerprint density at radius 1 is 1.47 bits per heavy atom. The number of anilines is 1. The molecule has 0 unspecified atom stereocenters. The fourth-order valence-electron chi connectivity index (χ4n) is 1.31. The molecule has 15 heavy (non-hydrogen) atoms. The zero-order valence-electron chi connectivity index (χ0n) is 8.23. The maximum Gasteiger partial charge on any atom is 0.292 e. The second-order valence-electron chi connectivity index (χ2n) is 3.20. The summed E-state index contributed by atoms with van der Waals surface area (Å²) in [6.45, 7) is 1.52. The molecule has 2 N–H and O–H groups in total. The molecule has 4 nitrogen and oxygen atoms in total. The van der Waals surface area contributed by atoms with Crippen molar-refractivity contribution in [2.24, 2.45) is 0 Å². The van der Waals surface area contributed by atoms with Gasteiger partial charge in [0.05, 0.1) is 6.20 Å². The van der Waals surface area contributed by atoms with Gasteiger partial charge in [0.25, 0.3) is 6.01 Å². The summed E-state index contributed by atoms with van der Waals surface area (Å²) in [6, 6.07) is 7.27. The van der Waals surface area contributed by atoms with Gasteiger partial charge in [0, 0.05) is 11.1 Å². The zero-order valence-corrected chi connectivity index (χ0v) is 8.23. The van der Waals surface area contributed by atoms with Crippen molar-refractivity contribution in [3.8, 4) is 11.3 Å². The van der Waals surface area contributed by atoms with Gasteiger partial charge in [0.2, 0.25) is 0 Å². The molecule has 0 aliphatic heterocycles. The number of nitrogen functional groups attached to an aromatic ring is 1. The Labute approximate surface area is 86.7 Å². The first-order chi connectivity index (χ1) is 7.16. The predicted octanol–water partition coefficient (Wildman–Crippen LogP) is 2.13. The standard InChI is InChI=1S/C11H10N2O2/c1-7(14)8-3-2-4-9(5-8)10-6-13-11(12)15-10/h2-6H,1H3,(H2,12,13). The lowest BCUT2D eigenvalue weighted by atomic mass is 10.1. The molecule has 76 valence electrons. The van der Waals surface area contributed by atoms with Crippen LogP contribution in [-0.4, -0.2) is 10.8 Å². The highest BCUT2D eigenvalue weighted by Gasteiger charge is 2.06. The maximum absolute atomic E-state index is 11.2. The third kappa shape index (κ3) is 1.88. The number of benzene rings is 1. The van der Waals surface area contributed by atoms with Crippen molar-refractivity contribution >= 4 is 11.8 Å². The molecule has 0 spiro atoms. The summed E-state index contributed by atoms with van der Waals surface area (Å²) in [5, 5.41) is 0. The molecule has 0 aliphatic rings. The third-order valence-corrected chi connectivity index (χ3v) is 2.08. The summed E-state index contributed by atoms with van der Waals surface area (Å²) in [4.78, 5) is 15.0. The van der Waals surface area contributed by atoms with Crippen molar-refractivity contribution in [2.75, 3.05) is 5.73 Å². The van der Waals surface area contributed by atoms with Gasteiger partial charge in [0.1, 0.15) is 0 Å². The van der Waals surface area contributed by atoms with E-state index in [1.165, 1.54) is 13.1 Å². The van der Waals surface area contributed by atoms with Gasteiger partial charge >= 0.3 is 0 Å². The average molecular weight is 202 g/mol. The van der Waals surface area contributed by atoms with Crippen molar-refractivity contribution < 1.29 is 9.21 Å². The van der Waals surface area contributed by atoms with Crippen molar-refractivity contribution in [3.05, 3.63) is 36.0 Å². The van der Waals surface area contributed by atoms with Crippen LogP contribution in [0.1, 0.15) is 17.3 Å². The second kappa shape index (κ2) is 3.57. The average Bonchev–Trinajstić information content (AvgIpc) is 2.65. The highest BCUT2D eigenvalue weighted by molar-refractivity contribution is 5.95. The van der Waals surface area contributed by atoms with Crippen LogP contribution in [0.3, 0.4) is 0 Å². The lowest BCUT2D eigenvalue weighted by Crippen LogP contribution is -1.91. The molecule has 1 heterocycles. The summed E-state index contributed by atoms with van der Waals surface area (Å²) in [7, 11) is 0. The van der Waals surface area contributed by atoms with Gasteiger partial charge < -0.3 is 10.2 Å². The molecule has 1 aromatic carbocycles.